The number of rotatable bonds is 10. The highest BCUT2D eigenvalue weighted by Crippen LogP contribution is 2.25. The molecule has 1 aromatic heterocycles. The standard InChI is InChI=1S/C23H32F2N6O4/c1-3-19(33)31-9-8-16(12-31)29-21(34)18-11-27-23(28-14(2)13-35-22(24)25)30-20(18)26-10-15-4-6-17(32)7-5-15/h3,10-11,14-17,22,32H,1,4-9,12-13H2,2H3,(H,29,34)(H,27,28,30)/b26-10+/t14-,15?,16-,17?/m0/s1. The van der Waals surface area contributed by atoms with Crippen molar-refractivity contribution >= 4 is 29.8 Å². The van der Waals surface area contributed by atoms with Crippen LogP contribution < -0.4 is 10.6 Å². The molecular weight excluding hydrogens is 462 g/mol. The third kappa shape index (κ3) is 8.03. The number of anilines is 1. The fraction of sp³-hybridized carbons (Fsp3) is 0.609. The summed E-state index contributed by atoms with van der Waals surface area (Å²) in [6.45, 7) is 2.88. The summed E-state index contributed by atoms with van der Waals surface area (Å²) in [5, 5.41) is 15.5. The van der Waals surface area contributed by atoms with Gasteiger partial charge in [-0.15, -0.1) is 0 Å². The molecule has 0 aromatic carbocycles. The molecule has 1 aromatic rings. The van der Waals surface area contributed by atoms with Crippen molar-refractivity contribution in [3.63, 3.8) is 0 Å². The van der Waals surface area contributed by atoms with E-state index in [0.717, 1.165) is 12.8 Å². The van der Waals surface area contributed by atoms with E-state index in [9.17, 15) is 23.5 Å². The summed E-state index contributed by atoms with van der Waals surface area (Å²) in [6.07, 6.45) is 7.55. The van der Waals surface area contributed by atoms with Gasteiger partial charge in [0.2, 0.25) is 11.9 Å². The van der Waals surface area contributed by atoms with Crippen LogP contribution in [0.5, 0.6) is 0 Å². The third-order valence-corrected chi connectivity index (χ3v) is 6.02. The summed E-state index contributed by atoms with van der Waals surface area (Å²) in [7, 11) is 0. The van der Waals surface area contributed by atoms with Gasteiger partial charge in [-0.05, 0) is 51.0 Å². The Bertz CT molecular complexity index is 923. The van der Waals surface area contributed by atoms with Gasteiger partial charge in [-0.2, -0.15) is 13.8 Å². The number of aromatic nitrogens is 2. The molecule has 0 unspecified atom stereocenters. The van der Waals surface area contributed by atoms with Crippen molar-refractivity contribution in [1.82, 2.24) is 20.2 Å². The zero-order chi connectivity index (χ0) is 25.4. The molecule has 0 spiro atoms. The maximum absolute atomic E-state index is 13.0. The van der Waals surface area contributed by atoms with E-state index in [0.29, 0.717) is 32.4 Å². The summed E-state index contributed by atoms with van der Waals surface area (Å²) in [6, 6.07) is -0.736. The van der Waals surface area contributed by atoms with Gasteiger partial charge in [0.15, 0.2) is 5.82 Å². The Morgan fingerprint density at radius 1 is 1.34 bits per heavy atom. The highest BCUT2D eigenvalue weighted by molar-refractivity contribution is 5.98. The van der Waals surface area contributed by atoms with Gasteiger partial charge in [0.1, 0.15) is 5.56 Å². The van der Waals surface area contributed by atoms with Gasteiger partial charge in [0, 0.05) is 37.6 Å². The predicted octanol–water partition coefficient (Wildman–Crippen LogP) is 2.29. The first-order valence-electron chi connectivity index (χ1n) is 11.7. The topological polar surface area (TPSA) is 129 Å². The quantitative estimate of drug-likeness (QED) is 0.336. The van der Waals surface area contributed by atoms with E-state index in [-0.39, 0.29) is 47.9 Å². The lowest BCUT2D eigenvalue weighted by Gasteiger charge is -2.22. The molecular formula is C23H32F2N6O4. The largest absolute Gasteiger partial charge is 0.393 e. The number of aliphatic hydroxyl groups excluding tert-OH is 1. The number of nitrogens with one attached hydrogen (secondary N) is 2. The Labute approximate surface area is 202 Å². The van der Waals surface area contributed by atoms with E-state index in [1.165, 1.54) is 12.3 Å². The first kappa shape index (κ1) is 26.6. The molecule has 3 N–H and O–H groups in total. The maximum Gasteiger partial charge on any atom is 0.345 e. The van der Waals surface area contributed by atoms with Crippen LogP contribution in [0.15, 0.2) is 23.8 Å². The summed E-state index contributed by atoms with van der Waals surface area (Å²) < 4.78 is 28.9. The molecule has 2 atom stereocenters. The van der Waals surface area contributed by atoms with Crippen molar-refractivity contribution < 1.29 is 28.2 Å². The van der Waals surface area contributed by atoms with Gasteiger partial charge in [-0.25, -0.2) is 9.98 Å². The van der Waals surface area contributed by atoms with Crippen LogP contribution in [0.1, 0.15) is 49.4 Å². The number of aliphatic imine (C=N–C) groups is 1. The van der Waals surface area contributed by atoms with Gasteiger partial charge < -0.3 is 25.4 Å². The third-order valence-electron chi connectivity index (χ3n) is 6.02. The fourth-order valence-corrected chi connectivity index (χ4v) is 4.08. The molecule has 1 saturated carbocycles. The highest BCUT2D eigenvalue weighted by Gasteiger charge is 2.27. The number of amides is 2. The summed E-state index contributed by atoms with van der Waals surface area (Å²) in [4.78, 5) is 39.4. The molecule has 0 bridgehead atoms. The molecule has 2 heterocycles. The number of alkyl halides is 2. The van der Waals surface area contributed by atoms with Crippen LogP contribution in [-0.4, -0.2) is 82.5 Å². The lowest BCUT2D eigenvalue weighted by molar-refractivity contribution is -0.130. The number of aliphatic hydroxyl groups is 1. The number of carbonyl (C=O) groups is 2. The molecule has 2 aliphatic rings. The molecule has 1 saturated heterocycles. The minimum absolute atomic E-state index is 0.127. The van der Waals surface area contributed by atoms with Crippen molar-refractivity contribution in [2.75, 3.05) is 25.0 Å². The molecule has 192 valence electrons. The van der Waals surface area contributed by atoms with E-state index in [4.69, 9.17) is 0 Å². The van der Waals surface area contributed by atoms with Gasteiger partial charge in [0.25, 0.3) is 5.91 Å². The van der Waals surface area contributed by atoms with Crippen molar-refractivity contribution in [2.24, 2.45) is 10.9 Å². The Morgan fingerprint density at radius 2 is 2.09 bits per heavy atom. The second-order valence-electron chi connectivity index (χ2n) is 8.86. The van der Waals surface area contributed by atoms with Crippen molar-refractivity contribution in [1.29, 1.82) is 0 Å². The minimum Gasteiger partial charge on any atom is -0.393 e. The molecule has 12 heteroatoms. The normalized spacial score (nSPS) is 23.5. The van der Waals surface area contributed by atoms with E-state index in [1.54, 1.807) is 18.0 Å². The minimum atomic E-state index is -2.88. The first-order chi connectivity index (χ1) is 16.7. The SMILES string of the molecule is C=CC(=O)N1CC[C@H](NC(=O)c2cnc(N[C@@H](C)COC(F)F)nc2/N=C/C2CCC(O)CC2)C1. The van der Waals surface area contributed by atoms with Crippen LogP contribution in [-0.2, 0) is 9.53 Å². The van der Waals surface area contributed by atoms with E-state index in [2.05, 4.69) is 36.9 Å². The average Bonchev–Trinajstić information content (AvgIpc) is 3.30. The van der Waals surface area contributed by atoms with E-state index >= 15 is 0 Å². The number of halogens is 2. The lowest BCUT2D eigenvalue weighted by Crippen LogP contribution is -2.38. The van der Waals surface area contributed by atoms with Crippen molar-refractivity contribution in [2.45, 2.75) is 63.8 Å². The van der Waals surface area contributed by atoms with Gasteiger partial charge in [-0.1, -0.05) is 6.58 Å². The molecule has 10 nitrogen and oxygen atoms in total. The van der Waals surface area contributed by atoms with Crippen LogP contribution >= 0.6 is 0 Å². The van der Waals surface area contributed by atoms with Gasteiger partial charge in [-0.3, -0.25) is 9.59 Å². The number of hydrogen-bond donors (Lipinski definition) is 3. The molecule has 2 amide bonds. The smallest absolute Gasteiger partial charge is 0.345 e. The zero-order valence-electron chi connectivity index (χ0n) is 19.7. The Hall–Kier alpha value is -2.99. The zero-order valence-corrected chi connectivity index (χ0v) is 19.7. The van der Waals surface area contributed by atoms with Crippen LogP contribution in [0.25, 0.3) is 0 Å². The predicted molar refractivity (Wildman–Crippen MR) is 126 cm³/mol. The summed E-state index contributed by atoms with van der Waals surface area (Å²) in [5.41, 5.74) is 0.160. The fourth-order valence-electron chi connectivity index (χ4n) is 4.08. The number of nitrogens with zero attached hydrogens (tertiary/aromatic N) is 4. The van der Waals surface area contributed by atoms with Crippen LogP contribution in [0.4, 0.5) is 20.5 Å². The molecule has 3 rings (SSSR count). The van der Waals surface area contributed by atoms with Crippen molar-refractivity contribution in [3.05, 3.63) is 24.4 Å². The maximum atomic E-state index is 13.0. The average molecular weight is 495 g/mol. The second kappa shape index (κ2) is 12.6. The molecule has 0 radical (unpaired) electrons. The summed E-state index contributed by atoms with van der Waals surface area (Å²) in [5.74, 6) is -0.192. The number of ether oxygens (including phenoxy) is 1. The Balaban J connectivity index is 1.73. The Morgan fingerprint density at radius 3 is 2.77 bits per heavy atom. The van der Waals surface area contributed by atoms with Crippen LogP contribution in [0, 0.1) is 5.92 Å². The number of hydrogen-bond acceptors (Lipinski definition) is 8. The van der Waals surface area contributed by atoms with E-state index < -0.39 is 18.6 Å². The monoisotopic (exact) mass is 494 g/mol. The molecule has 1 aliphatic carbocycles. The van der Waals surface area contributed by atoms with Crippen LogP contribution in [0.3, 0.4) is 0 Å². The van der Waals surface area contributed by atoms with Gasteiger partial charge in [0.05, 0.1) is 12.7 Å². The number of likely N-dealkylation sites (tertiary alicyclic amines) is 1. The second-order valence-corrected chi connectivity index (χ2v) is 8.86. The van der Waals surface area contributed by atoms with E-state index in [1.807, 2.05) is 0 Å². The summed E-state index contributed by atoms with van der Waals surface area (Å²) >= 11 is 0. The molecule has 1 aliphatic heterocycles. The van der Waals surface area contributed by atoms with Gasteiger partial charge >= 0.3 is 6.61 Å². The molecule has 35 heavy (non-hydrogen) atoms. The van der Waals surface area contributed by atoms with Crippen LogP contribution in [0.2, 0.25) is 0 Å². The van der Waals surface area contributed by atoms with Crippen molar-refractivity contribution in [3.8, 4) is 0 Å². The Kier molecular flexibility index (Phi) is 9.61. The number of carbonyl (C=O) groups excluding carboxylic acids is 2. The molecule has 2 fully saturated rings. The first-order valence-corrected chi connectivity index (χ1v) is 11.7. The highest BCUT2D eigenvalue weighted by atomic mass is 19.3. The lowest BCUT2D eigenvalue weighted by atomic mass is 9.88.